The number of aryl methyl sites for hydroxylation is 1. The lowest BCUT2D eigenvalue weighted by Crippen LogP contribution is -2.21. The smallest absolute Gasteiger partial charge is 0.0387 e. The van der Waals surface area contributed by atoms with E-state index in [0.29, 0.717) is 0 Å². The summed E-state index contributed by atoms with van der Waals surface area (Å²) in [5.41, 5.74) is 1.62. The zero-order chi connectivity index (χ0) is 12.5. The highest BCUT2D eigenvalue weighted by Crippen LogP contribution is 2.30. The van der Waals surface area contributed by atoms with Crippen LogP contribution in [-0.2, 0) is 6.42 Å². The molecule has 2 rings (SSSR count). The first-order chi connectivity index (χ1) is 7.98. The molecule has 0 saturated carbocycles. The molecule has 1 aromatic carbocycles. The first kappa shape index (κ1) is 12.9. The second-order valence-corrected chi connectivity index (χ2v) is 7.07. The molecule has 17 heavy (non-hydrogen) atoms. The molecule has 1 heterocycles. The van der Waals surface area contributed by atoms with Crippen molar-refractivity contribution in [1.29, 1.82) is 0 Å². The average molecular weight is 267 g/mol. The first-order valence-electron chi connectivity index (χ1n) is 6.07. The second-order valence-electron chi connectivity index (χ2n) is 5.63. The number of benzene rings is 1. The Kier molecular flexibility index (Phi) is 3.79. The number of rotatable bonds is 3. The third-order valence-electron chi connectivity index (χ3n) is 3.17. The van der Waals surface area contributed by atoms with Gasteiger partial charge in [-0.1, -0.05) is 39.0 Å². The molecule has 2 aromatic rings. The minimum atomic E-state index is 0.185. The van der Waals surface area contributed by atoms with E-state index in [1.165, 1.54) is 15.6 Å². The van der Waals surface area contributed by atoms with Gasteiger partial charge in [0.1, 0.15) is 0 Å². The van der Waals surface area contributed by atoms with E-state index in [-0.39, 0.29) is 10.8 Å². The SMILES string of the molecule is CC(C)(C)C(Cl)CCc1cccc2ccsc12. The summed E-state index contributed by atoms with van der Waals surface area (Å²) >= 11 is 8.27. The van der Waals surface area contributed by atoms with Gasteiger partial charge in [-0.2, -0.15) is 0 Å². The number of thiophene rings is 1. The second kappa shape index (κ2) is 4.99. The third kappa shape index (κ3) is 3.02. The summed E-state index contributed by atoms with van der Waals surface area (Å²) in [6.07, 6.45) is 2.12. The maximum atomic E-state index is 6.44. The van der Waals surface area contributed by atoms with Crippen molar-refractivity contribution >= 4 is 33.0 Å². The number of fused-ring (bicyclic) bond motifs is 1. The topological polar surface area (TPSA) is 0 Å². The van der Waals surface area contributed by atoms with E-state index in [4.69, 9.17) is 11.6 Å². The van der Waals surface area contributed by atoms with Gasteiger partial charge >= 0.3 is 0 Å². The highest BCUT2D eigenvalue weighted by atomic mass is 35.5. The minimum Gasteiger partial charge on any atom is -0.144 e. The van der Waals surface area contributed by atoms with E-state index in [1.54, 1.807) is 0 Å². The van der Waals surface area contributed by atoms with Gasteiger partial charge in [0.05, 0.1) is 0 Å². The van der Waals surface area contributed by atoms with Crippen LogP contribution in [0.25, 0.3) is 10.1 Å². The Morgan fingerprint density at radius 1 is 1.24 bits per heavy atom. The normalized spacial score (nSPS) is 14.1. The molecule has 0 aliphatic heterocycles. The van der Waals surface area contributed by atoms with E-state index < -0.39 is 0 Å². The fourth-order valence-electron chi connectivity index (χ4n) is 1.97. The van der Waals surface area contributed by atoms with Crippen molar-refractivity contribution < 1.29 is 0 Å². The van der Waals surface area contributed by atoms with Crippen LogP contribution in [-0.4, -0.2) is 5.38 Å². The summed E-state index contributed by atoms with van der Waals surface area (Å²) in [7, 11) is 0. The van der Waals surface area contributed by atoms with Crippen molar-refractivity contribution in [2.24, 2.45) is 5.41 Å². The Balaban J connectivity index is 2.12. The Morgan fingerprint density at radius 3 is 2.71 bits per heavy atom. The van der Waals surface area contributed by atoms with Crippen LogP contribution in [0.4, 0.5) is 0 Å². The van der Waals surface area contributed by atoms with Crippen LogP contribution >= 0.6 is 22.9 Å². The fourth-order valence-corrected chi connectivity index (χ4v) is 3.02. The monoisotopic (exact) mass is 266 g/mol. The molecule has 0 N–H and O–H groups in total. The molecule has 0 aliphatic carbocycles. The van der Waals surface area contributed by atoms with Gasteiger partial charge in [-0.05, 0) is 40.7 Å². The quantitative estimate of drug-likeness (QED) is 0.645. The lowest BCUT2D eigenvalue weighted by molar-refractivity contribution is 0.374. The van der Waals surface area contributed by atoms with E-state index in [9.17, 15) is 0 Å². The highest BCUT2D eigenvalue weighted by molar-refractivity contribution is 7.17. The molecule has 1 aromatic heterocycles. The highest BCUT2D eigenvalue weighted by Gasteiger charge is 2.21. The van der Waals surface area contributed by atoms with Gasteiger partial charge in [0.15, 0.2) is 0 Å². The van der Waals surface area contributed by atoms with Gasteiger partial charge in [0.2, 0.25) is 0 Å². The number of halogens is 1. The summed E-state index contributed by atoms with van der Waals surface area (Å²) in [6.45, 7) is 6.61. The van der Waals surface area contributed by atoms with E-state index >= 15 is 0 Å². The van der Waals surface area contributed by atoms with E-state index in [2.05, 4.69) is 50.4 Å². The zero-order valence-electron chi connectivity index (χ0n) is 10.7. The van der Waals surface area contributed by atoms with Crippen LogP contribution in [0.5, 0.6) is 0 Å². The van der Waals surface area contributed by atoms with Crippen LogP contribution in [0.1, 0.15) is 32.8 Å². The van der Waals surface area contributed by atoms with Crippen LogP contribution < -0.4 is 0 Å². The molecule has 0 aliphatic rings. The molecule has 1 unspecified atom stereocenters. The van der Waals surface area contributed by atoms with E-state index in [0.717, 1.165) is 12.8 Å². The Labute approximate surface area is 113 Å². The molecule has 0 fully saturated rings. The number of hydrogen-bond donors (Lipinski definition) is 0. The van der Waals surface area contributed by atoms with Crippen LogP contribution in [0.3, 0.4) is 0 Å². The lowest BCUT2D eigenvalue weighted by Gasteiger charge is -2.25. The van der Waals surface area contributed by atoms with Gasteiger partial charge in [0, 0.05) is 10.1 Å². The summed E-state index contributed by atoms with van der Waals surface area (Å²) in [6, 6.07) is 8.73. The molecule has 0 radical (unpaired) electrons. The van der Waals surface area contributed by atoms with Crippen molar-refractivity contribution in [3.05, 3.63) is 35.2 Å². The van der Waals surface area contributed by atoms with Crippen molar-refractivity contribution in [2.75, 3.05) is 0 Å². The van der Waals surface area contributed by atoms with Gasteiger partial charge < -0.3 is 0 Å². The van der Waals surface area contributed by atoms with Crippen LogP contribution in [0, 0.1) is 5.41 Å². The Bertz CT molecular complexity index is 493. The average Bonchev–Trinajstić information content (AvgIpc) is 2.72. The minimum absolute atomic E-state index is 0.185. The standard InChI is InChI=1S/C15H19ClS/c1-15(2,3)13(16)8-7-11-5-4-6-12-9-10-17-14(11)12/h4-6,9-10,13H,7-8H2,1-3H3. The lowest BCUT2D eigenvalue weighted by atomic mass is 9.88. The number of alkyl halides is 1. The van der Waals surface area contributed by atoms with Crippen molar-refractivity contribution in [3.63, 3.8) is 0 Å². The van der Waals surface area contributed by atoms with Crippen molar-refractivity contribution in [3.8, 4) is 0 Å². The molecule has 0 amide bonds. The molecule has 1 atom stereocenters. The zero-order valence-corrected chi connectivity index (χ0v) is 12.2. The Hall–Kier alpha value is -0.530. The molecule has 0 nitrogen and oxygen atoms in total. The molecular weight excluding hydrogens is 248 g/mol. The number of hydrogen-bond acceptors (Lipinski definition) is 1. The summed E-state index contributed by atoms with van der Waals surface area (Å²) in [5, 5.41) is 3.75. The maximum Gasteiger partial charge on any atom is 0.0387 e. The van der Waals surface area contributed by atoms with Gasteiger partial charge in [-0.3, -0.25) is 0 Å². The molecule has 2 heteroatoms. The van der Waals surface area contributed by atoms with Crippen molar-refractivity contribution in [2.45, 2.75) is 39.0 Å². The summed E-state index contributed by atoms with van der Waals surface area (Å²) in [5.74, 6) is 0. The molecule has 0 spiro atoms. The van der Waals surface area contributed by atoms with Gasteiger partial charge in [-0.25, -0.2) is 0 Å². The van der Waals surface area contributed by atoms with Gasteiger partial charge in [-0.15, -0.1) is 22.9 Å². The molecule has 0 saturated heterocycles. The third-order valence-corrected chi connectivity index (χ3v) is 5.05. The fraction of sp³-hybridized carbons (Fsp3) is 0.467. The van der Waals surface area contributed by atoms with E-state index in [1.807, 2.05) is 11.3 Å². The van der Waals surface area contributed by atoms with Gasteiger partial charge in [0.25, 0.3) is 0 Å². The molecule has 0 bridgehead atoms. The van der Waals surface area contributed by atoms with Crippen LogP contribution in [0.2, 0.25) is 0 Å². The van der Waals surface area contributed by atoms with Crippen LogP contribution in [0.15, 0.2) is 29.6 Å². The Morgan fingerprint density at radius 2 is 2.00 bits per heavy atom. The molecule has 92 valence electrons. The molecular formula is C15H19ClS. The first-order valence-corrected chi connectivity index (χ1v) is 7.39. The largest absolute Gasteiger partial charge is 0.144 e. The summed E-state index contributed by atoms with van der Waals surface area (Å²) < 4.78 is 1.42. The summed E-state index contributed by atoms with van der Waals surface area (Å²) in [4.78, 5) is 0. The van der Waals surface area contributed by atoms with Crippen molar-refractivity contribution in [1.82, 2.24) is 0 Å². The maximum absolute atomic E-state index is 6.44. The predicted molar refractivity (Wildman–Crippen MR) is 79.2 cm³/mol. The predicted octanol–water partition coefficient (Wildman–Crippen LogP) is 5.49.